The maximum Gasteiger partial charge on any atom is 0.125 e. The molecular weight excluding hydrogens is 135 g/mol. The zero-order valence-corrected chi connectivity index (χ0v) is 7.00. The van der Waals surface area contributed by atoms with E-state index in [9.17, 15) is 0 Å². The first-order valence-corrected chi connectivity index (χ1v) is 3.71. The Morgan fingerprint density at radius 1 is 1.50 bits per heavy atom. The molecule has 0 aliphatic rings. The van der Waals surface area contributed by atoms with Gasteiger partial charge in [-0.2, -0.15) is 0 Å². The first-order chi connectivity index (χ1) is 2.77. The van der Waals surface area contributed by atoms with Crippen LogP contribution in [0.4, 0.5) is 0 Å². The van der Waals surface area contributed by atoms with Crippen molar-refractivity contribution >= 4 is 33.4 Å². The predicted octanol–water partition coefficient (Wildman–Crippen LogP) is 0.669. The van der Waals surface area contributed by atoms with Crippen molar-refractivity contribution in [3.05, 3.63) is 11.8 Å². The van der Waals surface area contributed by atoms with Gasteiger partial charge >= 0.3 is 0 Å². The van der Waals surface area contributed by atoms with Crippen LogP contribution >= 0.6 is 23.2 Å². The number of rotatable bonds is 1. The van der Waals surface area contributed by atoms with Crippen LogP contribution in [-0.4, -0.2) is 15.1 Å². The van der Waals surface area contributed by atoms with Crippen LogP contribution in [0.3, 0.4) is 0 Å². The Morgan fingerprint density at radius 2 is 2.00 bits per heavy atom. The zero-order chi connectivity index (χ0) is 4.99. The lowest BCUT2D eigenvalue weighted by molar-refractivity contribution is 1.63. The molecule has 0 saturated heterocycles. The maximum absolute atomic E-state index is 5.28. The van der Waals surface area contributed by atoms with Gasteiger partial charge in [-0.25, -0.2) is 0 Å². The zero-order valence-electron chi connectivity index (χ0n) is 3.49. The monoisotopic (exact) mass is 140 g/mol. The number of alkyl halides is 2. The summed E-state index contributed by atoms with van der Waals surface area (Å²) in [4.78, 5) is -0.303. The Balaban J connectivity index is 3.03. The van der Waals surface area contributed by atoms with Crippen molar-refractivity contribution in [3.8, 4) is 0 Å². The van der Waals surface area contributed by atoms with E-state index in [2.05, 4.69) is 0 Å². The molecule has 0 fully saturated rings. The normalized spacial score (nSPS) is 11.8. The molecule has 0 aromatic heterocycles. The highest BCUT2D eigenvalue weighted by Gasteiger charge is 1.82. The Kier molecular flexibility index (Phi) is 4.05. The van der Waals surface area contributed by atoms with Gasteiger partial charge in [0.25, 0.3) is 0 Å². The summed E-state index contributed by atoms with van der Waals surface area (Å²) >= 11 is 10.6. The van der Waals surface area contributed by atoms with Gasteiger partial charge in [0, 0.05) is 10.2 Å². The van der Waals surface area contributed by atoms with Gasteiger partial charge in [0.15, 0.2) is 0 Å². The second-order valence-corrected chi connectivity index (χ2v) is 2.69. The summed E-state index contributed by atoms with van der Waals surface area (Å²) in [5.74, 6) is 0. The fourth-order valence-electron chi connectivity index (χ4n) is 0.145. The van der Waals surface area contributed by atoms with Gasteiger partial charge in [0.05, 0.1) is 0 Å². The second kappa shape index (κ2) is 3.72. The molecule has 0 bridgehead atoms. The molecule has 0 aliphatic heterocycles. The third-order valence-electron chi connectivity index (χ3n) is 0.338. The average molecular weight is 141 g/mol. The Morgan fingerprint density at radius 3 is 2.00 bits per heavy atom. The van der Waals surface area contributed by atoms with Gasteiger partial charge in [-0.1, -0.05) is 6.08 Å². The highest BCUT2D eigenvalue weighted by molar-refractivity contribution is 6.45. The minimum atomic E-state index is -0.303. The Bertz CT molecular complexity index is 50.8. The molecular formula is C3H6Cl2Si. The molecule has 0 aromatic carbocycles. The summed E-state index contributed by atoms with van der Waals surface area (Å²) in [5.41, 5.74) is 1.95. The minimum absolute atomic E-state index is 0.303. The molecule has 0 radical (unpaired) electrons. The van der Waals surface area contributed by atoms with Crippen molar-refractivity contribution in [1.82, 2.24) is 0 Å². The SMILES string of the molecule is [SiH3]/C=C\C(Cl)Cl. The summed E-state index contributed by atoms with van der Waals surface area (Å²) in [6.07, 6.45) is 1.76. The van der Waals surface area contributed by atoms with Gasteiger partial charge < -0.3 is 0 Å². The maximum atomic E-state index is 5.28. The molecule has 0 spiro atoms. The first-order valence-electron chi connectivity index (χ1n) is 1.68. The third kappa shape index (κ3) is 4.54. The molecule has 36 valence electrons. The molecule has 0 atom stereocenters. The van der Waals surface area contributed by atoms with E-state index >= 15 is 0 Å². The molecule has 0 saturated carbocycles. The summed E-state index contributed by atoms with van der Waals surface area (Å²) in [5, 5.41) is 0. The minimum Gasteiger partial charge on any atom is -0.107 e. The van der Waals surface area contributed by atoms with Crippen molar-refractivity contribution in [2.24, 2.45) is 0 Å². The summed E-state index contributed by atoms with van der Waals surface area (Å²) in [6.45, 7) is 0. The van der Waals surface area contributed by atoms with E-state index in [4.69, 9.17) is 23.2 Å². The second-order valence-electron chi connectivity index (χ2n) is 0.860. The smallest absolute Gasteiger partial charge is 0.107 e. The Labute approximate surface area is 50.6 Å². The van der Waals surface area contributed by atoms with Crippen LogP contribution in [0.1, 0.15) is 0 Å². The molecule has 0 N–H and O–H groups in total. The lowest BCUT2D eigenvalue weighted by Crippen LogP contribution is -1.73. The molecule has 0 aromatic rings. The molecule has 6 heavy (non-hydrogen) atoms. The van der Waals surface area contributed by atoms with Crippen LogP contribution in [0.5, 0.6) is 0 Å². The molecule has 0 aliphatic carbocycles. The summed E-state index contributed by atoms with van der Waals surface area (Å²) < 4.78 is 0. The summed E-state index contributed by atoms with van der Waals surface area (Å²) in [7, 11) is 1.04. The van der Waals surface area contributed by atoms with Crippen LogP contribution in [-0.2, 0) is 0 Å². The van der Waals surface area contributed by atoms with E-state index in [1.807, 2.05) is 5.70 Å². The van der Waals surface area contributed by atoms with Gasteiger partial charge in [0.1, 0.15) is 4.84 Å². The van der Waals surface area contributed by atoms with Gasteiger partial charge in [-0.05, 0) is 0 Å². The molecule has 0 unspecified atom stereocenters. The number of halogens is 2. The van der Waals surface area contributed by atoms with E-state index in [1.54, 1.807) is 6.08 Å². The molecule has 0 nitrogen and oxygen atoms in total. The van der Waals surface area contributed by atoms with E-state index in [0.29, 0.717) is 0 Å². The largest absolute Gasteiger partial charge is 0.125 e. The fourth-order valence-corrected chi connectivity index (χ4v) is 1.31. The average Bonchev–Trinajstić information content (AvgIpc) is 1.35. The van der Waals surface area contributed by atoms with Crippen molar-refractivity contribution < 1.29 is 0 Å². The standard InChI is InChI=1S/C3H6Cl2Si/c4-3(5)1-2-6/h1-3H,6H3/b2-1-. The van der Waals surface area contributed by atoms with Crippen molar-refractivity contribution in [3.63, 3.8) is 0 Å². The van der Waals surface area contributed by atoms with Gasteiger partial charge in [-0.15, -0.1) is 28.9 Å². The lowest BCUT2D eigenvalue weighted by atomic mass is 10.7. The highest BCUT2D eigenvalue weighted by Crippen LogP contribution is 2.00. The molecule has 3 heteroatoms. The molecule has 0 amide bonds. The predicted molar refractivity (Wildman–Crippen MR) is 34.6 cm³/mol. The van der Waals surface area contributed by atoms with Gasteiger partial charge in [-0.3, -0.25) is 0 Å². The van der Waals surface area contributed by atoms with Crippen molar-refractivity contribution in [2.45, 2.75) is 4.84 Å². The number of allylic oxidation sites excluding steroid dienone is 1. The van der Waals surface area contributed by atoms with Crippen molar-refractivity contribution in [1.29, 1.82) is 0 Å². The number of hydrogen-bond donors (Lipinski definition) is 0. The highest BCUT2D eigenvalue weighted by atomic mass is 35.5. The van der Waals surface area contributed by atoms with E-state index in [-0.39, 0.29) is 4.84 Å². The number of hydrogen-bond acceptors (Lipinski definition) is 0. The summed E-state index contributed by atoms with van der Waals surface area (Å²) in [6, 6.07) is 0. The molecule has 0 rings (SSSR count). The van der Waals surface area contributed by atoms with Crippen LogP contribution in [0.25, 0.3) is 0 Å². The Hall–Kier alpha value is 0.537. The van der Waals surface area contributed by atoms with Crippen LogP contribution in [0.2, 0.25) is 0 Å². The lowest BCUT2D eigenvalue weighted by Gasteiger charge is -1.81. The quantitative estimate of drug-likeness (QED) is 0.372. The van der Waals surface area contributed by atoms with Crippen LogP contribution in [0.15, 0.2) is 11.8 Å². The van der Waals surface area contributed by atoms with E-state index in [0.717, 1.165) is 10.2 Å². The van der Waals surface area contributed by atoms with E-state index < -0.39 is 0 Å². The van der Waals surface area contributed by atoms with Gasteiger partial charge in [0.2, 0.25) is 0 Å². The topological polar surface area (TPSA) is 0 Å². The fraction of sp³-hybridized carbons (Fsp3) is 0.333. The first kappa shape index (κ1) is 6.54. The van der Waals surface area contributed by atoms with E-state index in [1.165, 1.54) is 0 Å². The molecule has 0 heterocycles. The third-order valence-corrected chi connectivity index (χ3v) is 1.01. The van der Waals surface area contributed by atoms with Crippen LogP contribution < -0.4 is 0 Å². The van der Waals surface area contributed by atoms with Crippen LogP contribution in [0, 0.1) is 0 Å². The van der Waals surface area contributed by atoms with Crippen molar-refractivity contribution in [2.75, 3.05) is 0 Å².